The average Bonchev–Trinajstić information content (AvgIpc) is 3.24. The number of para-hydroxylation sites is 1. The largest absolute Gasteiger partial charge is 0.496 e. The molecule has 2 aromatic heterocycles. The molecule has 24 heavy (non-hydrogen) atoms. The van der Waals surface area contributed by atoms with Gasteiger partial charge in [0.15, 0.2) is 5.69 Å². The maximum Gasteiger partial charge on any atom is 0.274 e. The number of benzene rings is 1. The van der Waals surface area contributed by atoms with Gasteiger partial charge in [0, 0.05) is 30.1 Å². The Morgan fingerprint density at radius 1 is 1.33 bits per heavy atom. The van der Waals surface area contributed by atoms with Gasteiger partial charge in [0.1, 0.15) is 11.5 Å². The molecule has 0 aliphatic rings. The van der Waals surface area contributed by atoms with Crippen molar-refractivity contribution in [3.05, 3.63) is 65.3 Å². The standard InChI is InChI=1S/C17H18N4O3/c1-12-14(11-21-9-5-8-19-21)16(20-24-12)17(22)18-10-13-6-3-4-7-15(13)23-2/h3-9H,10-11H2,1-2H3,(H,18,22). The maximum absolute atomic E-state index is 12.5. The number of rotatable bonds is 6. The third-order valence-electron chi connectivity index (χ3n) is 3.71. The van der Waals surface area contributed by atoms with E-state index in [1.165, 1.54) is 0 Å². The minimum atomic E-state index is -0.292. The van der Waals surface area contributed by atoms with Gasteiger partial charge in [0.05, 0.1) is 13.7 Å². The van der Waals surface area contributed by atoms with Crippen molar-refractivity contribution in [2.75, 3.05) is 7.11 Å². The van der Waals surface area contributed by atoms with Gasteiger partial charge in [0.25, 0.3) is 5.91 Å². The summed E-state index contributed by atoms with van der Waals surface area (Å²) >= 11 is 0. The molecule has 1 amide bonds. The number of methoxy groups -OCH3 is 1. The molecule has 0 fully saturated rings. The lowest BCUT2D eigenvalue weighted by Crippen LogP contribution is -2.25. The van der Waals surface area contributed by atoms with E-state index in [0.29, 0.717) is 18.8 Å². The summed E-state index contributed by atoms with van der Waals surface area (Å²) < 4.78 is 12.2. The lowest BCUT2D eigenvalue weighted by molar-refractivity contribution is 0.0940. The van der Waals surface area contributed by atoms with Crippen LogP contribution in [0, 0.1) is 6.92 Å². The Balaban J connectivity index is 1.73. The second-order valence-electron chi connectivity index (χ2n) is 5.26. The van der Waals surface area contributed by atoms with Crippen molar-refractivity contribution >= 4 is 5.91 Å². The van der Waals surface area contributed by atoms with Crippen molar-refractivity contribution in [1.29, 1.82) is 0 Å². The van der Waals surface area contributed by atoms with Crippen LogP contribution in [0.15, 0.2) is 47.2 Å². The van der Waals surface area contributed by atoms with Crippen molar-refractivity contribution < 1.29 is 14.1 Å². The third kappa shape index (κ3) is 3.29. The van der Waals surface area contributed by atoms with Gasteiger partial charge >= 0.3 is 0 Å². The van der Waals surface area contributed by atoms with E-state index in [9.17, 15) is 4.79 Å². The first kappa shape index (κ1) is 15.8. The van der Waals surface area contributed by atoms with Crippen molar-refractivity contribution in [3.63, 3.8) is 0 Å². The molecule has 0 saturated carbocycles. The first-order valence-electron chi connectivity index (χ1n) is 7.51. The van der Waals surface area contributed by atoms with Crippen molar-refractivity contribution in [2.24, 2.45) is 0 Å². The van der Waals surface area contributed by atoms with Crippen LogP contribution < -0.4 is 10.1 Å². The van der Waals surface area contributed by atoms with Crippen LogP contribution in [0.25, 0.3) is 0 Å². The predicted molar refractivity (Wildman–Crippen MR) is 86.7 cm³/mol. The quantitative estimate of drug-likeness (QED) is 0.750. The lowest BCUT2D eigenvalue weighted by Gasteiger charge is -2.09. The number of carbonyl (C=O) groups is 1. The summed E-state index contributed by atoms with van der Waals surface area (Å²) in [5, 5.41) is 10.9. The van der Waals surface area contributed by atoms with Crippen LogP contribution in [0.5, 0.6) is 5.75 Å². The van der Waals surface area contributed by atoms with E-state index >= 15 is 0 Å². The Labute approximate surface area is 139 Å². The summed E-state index contributed by atoms with van der Waals surface area (Å²) in [7, 11) is 1.60. The fraction of sp³-hybridized carbons (Fsp3) is 0.235. The van der Waals surface area contributed by atoms with Crippen molar-refractivity contribution in [1.82, 2.24) is 20.3 Å². The number of nitrogens with zero attached hydrogens (tertiary/aromatic N) is 3. The second-order valence-corrected chi connectivity index (χ2v) is 5.26. The molecule has 7 heteroatoms. The van der Waals surface area contributed by atoms with E-state index < -0.39 is 0 Å². The minimum Gasteiger partial charge on any atom is -0.496 e. The molecule has 0 saturated heterocycles. The van der Waals surface area contributed by atoms with Gasteiger partial charge in [0.2, 0.25) is 0 Å². The summed E-state index contributed by atoms with van der Waals surface area (Å²) in [6.45, 7) is 2.55. The Bertz CT molecular complexity index is 824. The maximum atomic E-state index is 12.5. The SMILES string of the molecule is COc1ccccc1CNC(=O)c1noc(C)c1Cn1cccn1. The van der Waals surface area contributed by atoms with Gasteiger partial charge in [-0.3, -0.25) is 9.48 Å². The van der Waals surface area contributed by atoms with Crippen LogP contribution in [-0.2, 0) is 13.1 Å². The molecule has 2 heterocycles. The molecule has 0 bridgehead atoms. The number of hydrogen-bond acceptors (Lipinski definition) is 5. The molecule has 0 aliphatic heterocycles. The Morgan fingerprint density at radius 2 is 2.17 bits per heavy atom. The topological polar surface area (TPSA) is 82.2 Å². The number of aryl methyl sites for hydroxylation is 1. The summed E-state index contributed by atoms with van der Waals surface area (Å²) in [5.74, 6) is 1.04. The average molecular weight is 326 g/mol. The second kappa shape index (κ2) is 6.99. The van der Waals surface area contributed by atoms with Gasteiger partial charge < -0.3 is 14.6 Å². The number of amides is 1. The molecule has 0 aliphatic carbocycles. The normalized spacial score (nSPS) is 10.6. The fourth-order valence-electron chi connectivity index (χ4n) is 2.42. The molecule has 0 radical (unpaired) electrons. The number of carbonyl (C=O) groups excluding carboxylic acids is 1. The summed E-state index contributed by atoms with van der Waals surface area (Å²) in [6, 6.07) is 9.35. The van der Waals surface area contributed by atoms with Crippen LogP contribution in [0.4, 0.5) is 0 Å². The first-order valence-corrected chi connectivity index (χ1v) is 7.51. The lowest BCUT2D eigenvalue weighted by atomic mass is 10.1. The van der Waals surface area contributed by atoms with Crippen molar-refractivity contribution in [3.8, 4) is 5.75 Å². The molecule has 3 aromatic rings. The van der Waals surface area contributed by atoms with E-state index in [0.717, 1.165) is 16.9 Å². The highest BCUT2D eigenvalue weighted by atomic mass is 16.5. The molecule has 1 N–H and O–H groups in total. The minimum absolute atomic E-state index is 0.276. The molecule has 124 valence electrons. The fourth-order valence-corrected chi connectivity index (χ4v) is 2.42. The molecule has 0 unspecified atom stereocenters. The first-order chi connectivity index (χ1) is 11.7. The van der Waals surface area contributed by atoms with Crippen molar-refractivity contribution in [2.45, 2.75) is 20.0 Å². The number of nitrogens with one attached hydrogen (secondary N) is 1. The van der Waals surface area contributed by atoms with Crippen LogP contribution in [-0.4, -0.2) is 28.0 Å². The zero-order valence-corrected chi connectivity index (χ0v) is 13.5. The van der Waals surface area contributed by atoms with Gasteiger partial charge in [-0.2, -0.15) is 5.10 Å². The smallest absolute Gasteiger partial charge is 0.274 e. The molecule has 0 atom stereocenters. The highest BCUT2D eigenvalue weighted by Crippen LogP contribution is 2.18. The van der Waals surface area contributed by atoms with Gasteiger partial charge in [-0.25, -0.2) is 0 Å². The summed E-state index contributed by atoms with van der Waals surface area (Å²) in [4.78, 5) is 12.5. The van der Waals surface area contributed by atoms with E-state index in [1.807, 2.05) is 36.5 Å². The van der Waals surface area contributed by atoms with Gasteiger partial charge in [-0.1, -0.05) is 23.4 Å². The van der Waals surface area contributed by atoms with E-state index in [-0.39, 0.29) is 11.6 Å². The number of aromatic nitrogens is 3. The molecule has 0 spiro atoms. The zero-order chi connectivity index (χ0) is 16.9. The third-order valence-corrected chi connectivity index (χ3v) is 3.71. The summed E-state index contributed by atoms with van der Waals surface area (Å²) in [5.41, 5.74) is 1.89. The van der Waals surface area contributed by atoms with E-state index in [4.69, 9.17) is 9.26 Å². The Kier molecular flexibility index (Phi) is 4.60. The molecule has 7 nitrogen and oxygen atoms in total. The number of ether oxygens (including phenoxy) is 1. The number of hydrogen-bond donors (Lipinski definition) is 1. The highest BCUT2D eigenvalue weighted by molar-refractivity contribution is 5.93. The monoisotopic (exact) mass is 326 g/mol. The predicted octanol–water partition coefficient (Wildman–Crippen LogP) is 2.17. The molecular formula is C17H18N4O3. The van der Waals surface area contributed by atoms with Gasteiger partial charge in [-0.15, -0.1) is 0 Å². The molecular weight excluding hydrogens is 308 g/mol. The Hall–Kier alpha value is -3.09. The van der Waals surface area contributed by atoms with Crippen LogP contribution >= 0.6 is 0 Å². The molecule has 1 aromatic carbocycles. The van der Waals surface area contributed by atoms with Crippen LogP contribution in [0.1, 0.15) is 27.4 Å². The Morgan fingerprint density at radius 3 is 2.92 bits per heavy atom. The molecule has 3 rings (SSSR count). The zero-order valence-electron chi connectivity index (χ0n) is 13.5. The van der Waals surface area contributed by atoms with Crippen LogP contribution in [0.2, 0.25) is 0 Å². The van der Waals surface area contributed by atoms with Crippen LogP contribution in [0.3, 0.4) is 0 Å². The van der Waals surface area contributed by atoms with Gasteiger partial charge in [-0.05, 0) is 19.1 Å². The van der Waals surface area contributed by atoms with E-state index in [2.05, 4.69) is 15.6 Å². The van der Waals surface area contributed by atoms with E-state index in [1.54, 1.807) is 24.9 Å². The summed E-state index contributed by atoms with van der Waals surface area (Å²) in [6.07, 6.45) is 3.51. The highest BCUT2D eigenvalue weighted by Gasteiger charge is 2.20.